The summed E-state index contributed by atoms with van der Waals surface area (Å²) in [6, 6.07) is 6.13. The zero-order valence-corrected chi connectivity index (χ0v) is 16.0. The van der Waals surface area contributed by atoms with Gasteiger partial charge in [-0.05, 0) is 25.0 Å². The van der Waals surface area contributed by atoms with Gasteiger partial charge in [-0.2, -0.15) is 0 Å². The Balaban J connectivity index is 1.95. The maximum absolute atomic E-state index is 12.3. The maximum atomic E-state index is 12.3. The standard InChI is InChI=1S/C18H25N3O3S/c1-13-6-5-7-16(14(13)2)18-19-8-9-21(18)17-11-24-10-15(17)12-25(22,23)20(3)4/h5-9,15,17H,10-12H2,1-4H3/t15-,17-/m1/s1. The van der Waals surface area contributed by atoms with Gasteiger partial charge in [-0.15, -0.1) is 0 Å². The quantitative estimate of drug-likeness (QED) is 0.817. The van der Waals surface area contributed by atoms with Gasteiger partial charge in [-0.25, -0.2) is 17.7 Å². The number of aryl methyl sites for hydroxylation is 1. The lowest BCUT2D eigenvalue weighted by Gasteiger charge is -2.23. The summed E-state index contributed by atoms with van der Waals surface area (Å²) in [5, 5.41) is 0. The second-order valence-electron chi connectivity index (χ2n) is 6.83. The summed E-state index contributed by atoms with van der Waals surface area (Å²) in [5.41, 5.74) is 3.47. The molecule has 25 heavy (non-hydrogen) atoms. The van der Waals surface area contributed by atoms with Crippen LogP contribution in [0.4, 0.5) is 0 Å². The molecule has 0 aliphatic carbocycles. The first kappa shape index (κ1) is 18.1. The molecule has 0 unspecified atom stereocenters. The van der Waals surface area contributed by atoms with Crippen LogP contribution in [0.2, 0.25) is 0 Å². The Hall–Kier alpha value is -1.70. The van der Waals surface area contributed by atoms with E-state index in [4.69, 9.17) is 4.74 Å². The van der Waals surface area contributed by atoms with Crippen LogP contribution in [0.3, 0.4) is 0 Å². The number of hydrogen-bond donors (Lipinski definition) is 0. The highest BCUT2D eigenvalue weighted by molar-refractivity contribution is 7.89. The number of sulfonamides is 1. The van der Waals surface area contributed by atoms with E-state index in [0.29, 0.717) is 13.2 Å². The lowest BCUT2D eigenvalue weighted by Crippen LogP contribution is -2.32. The zero-order valence-electron chi connectivity index (χ0n) is 15.1. The van der Waals surface area contributed by atoms with Crippen molar-refractivity contribution in [2.75, 3.05) is 33.1 Å². The Bertz CT molecular complexity index is 858. The van der Waals surface area contributed by atoms with E-state index in [1.165, 1.54) is 15.4 Å². The van der Waals surface area contributed by atoms with Crippen molar-refractivity contribution in [3.05, 3.63) is 41.7 Å². The van der Waals surface area contributed by atoms with E-state index < -0.39 is 10.0 Å². The van der Waals surface area contributed by atoms with Crippen LogP contribution in [0.25, 0.3) is 11.4 Å². The number of nitrogens with zero attached hydrogens (tertiary/aromatic N) is 3. The lowest BCUT2D eigenvalue weighted by atomic mass is 10.0. The predicted molar refractivity (Wildman–Crippen MR) is 98.0 cm³/mol. The number of aromatic nitrogens is 2. The predicted octanol–water partition coefficient (Wildman–Crippen LogP) is 2.25. The maximum Gasteiger partial charge on any atom is 0.214 e. The first-order valence-corrected chi connectivity index (χ1v) is 9.99. The molecule has 2 aromatic rings. The van der Waals surface area contributed by atoms with Gasteiger partial charge in [-0.1, -0.05) is 18.2 Å². The topological polar surface area (TPSA) is 64.4 Å². The molecule has 0 bridgehead atoms. The fraction of sp³-hybridized carbons (Fsp3) is 0.500. The smallest absolute Gasteiger partial charge is 0.214 e. The molecule has 1 saturated heterocycles. The summed E-state index contributed by atoms with van der Waals surface area (Å²) in [6.45, 7) is 5.12. The van der Waals surface area contributed by atoms with Crippen LogP contribution in [0.15, 0.2) is 30.6 Å². The third kappa shape index (κ3) is 3.49. The Morgan fingerprint density at radius 3 is 2.76 bits per heavy atom. The average molecular weight is 363 g/mol. The van der Waals surface area contributed by atoms with Crippen molar-refractivity contribution >= 4 is 10.0 Å². The Kier molecular flexibility index (Phi) is 4.99. The van der Waals surface area contributed by atoms with Crippen LogP contribution in [-0.4, -0.2) is 55.3 Å². The number of imidazole rings is 1. The van der Waals surface area contributed by atoms with Crippen molar-refractivity contribution in [3.63, 3.8) is 0 Å². The van der Waals surface area contributed by atoms with Gasteiger partial charge < -0.3 is 9.30 Å². The van der Waals surface area contributed by atoms with Gasteiger partial charge in [-0.3, -0.25) is 0 Å². The molecule has 2 heterocycles. The average Bonchev–Trinajstić information content (AvgIpc) is 3.18. The molecule has 1 aliphatic heterocycles. The molecule has 0 N–H and O–H groups in total. The van der Waals surface area contributed by atoms with Crippen molar-refractivity contribution in [1.82, 2.24) is 13.9 Å². The molecule has 0 radical (unpaired) electrons. The van der Waals surface area contributed by atoms with Crippen molar-refractivity contribution in [2.45, 2.75) is 19.9 Å². The van der Waals surface area contributed by atoms with Crippen LogP contribution < -0.4 is 0 Å². The van der Waals surface area contributed by atoms with E-state index in [1.54, 1.807) is 20.3 Å². The molecule has 2 atom stereocenters. The van der Waals surface area contributed by atoms with Gasteiger partial charge in [0.15, 0.2) is 0 Å². The highest BCUT2D eigenvalue weighted by atomic mass is 32.2. The highest BCUT2D eigenvalue weighted by Gasteiger charge is 2.35. The molecule has 7 heteroatoms. The molecule has 3 rings (SSSR count). The van der Waals surface area contributed by atoms with E-state index in [-0.39, 0.29) is 17.7 Å². The van der Waals surface area contributed by atoms with E-state index in [0.717, 1.165) is 11.4 Å². The third-order valence-electron chi connectivity index (χ3n) is 5.02. The molecule has 1 aliphatic rings. The van der Waals surface area contributed by atoms with Gasteiger partial charge in [0.05, 0.1) is 25.0 Å². The monoisotopic (exact) mass is 363 g/mol. The van der Waals surface area contributed by atoms with Crippen molar-refractivity contribution in [1.29, 1.82) is 0 Å². The number of benzene rings is 1. The Morgan fingerprint density at radius 1 is 1.28 bits per heavy atom. The largest absolute Gasteiger partial charge is 0.379 e. The van der Waals surface area contributed by atoms with Crippen LogP contribution in [0.1, 0.15) is 17.2 Å². The summed E-state index contributed by atoms with van der Waals surface area (Å²) < 4.78 is 33.6. The normalized spacial score (nSPS) is 21.2. The van der Waals surface area contributed by atoms with Gasteiger partial charge in [0, 0.05) is 38.0 Å². The third-order valence-corrected chi connectivity index (χ3v) is 6.98. The van der Waals surface area contributed by atoms with Gasteiger partial charge >= 0.3 is 0 Å². The van der Waals surface area contributed by atoms with Gasteiger partial charge in [0.2, 0.25) is 10.0 Å². The lowest BCUT2D eigenvalue weighted by molar-refractivity contribution is 0.182. The first-order chi connectivity index (χ1) is 11.8. The second-order valence-corrected chi connectivity index (χ2v) is 9.06. The fourth-order valence-corrected chi connectivity index (χ4v) is 4.41. The van der Waals surface area contributed by atoms with Crippen LogP contribution in [-0.2, 0) is 14.8 Å². The SMILES string of the molecule is Cc1cccc(-c2nccn2[C@@H]2COC[C@@H]2CS(=O)(=O)N(C)C)c1C. The zero-order chi connectivity index (χ0) is 18.2. The van der Waals surface area contributed by atoms with Gasteiger partial charge in [0.25, 0.3) is 0 Å². The summed E-state index contributed by atoms with van der Waals surface area (Å²) >= 11 is 0. The summed E-state index contributed by atoms with van der Waals surface area (Å²) in [4.78, 5) is 4.55. The molecular formula is C18H25N3O3S. The second kappa shape index (κ2) is 6.90. The molecule has 0 amide bonds. The van der Waals surface area contributed by atoms with Gasteiger partial charge in [0.1, 0.15) is 5.82 Å². The van der Waals surface area contributed by atoms with E-state index in [2.05, 4.69) is 35.5 Å². The molecule has 0 spiro atoms. The first-order valence-electron chi connectivity index (χ1n) is 8.38. The van der Waals surface area contributed by atoms with E-state index >= 15 is 0 Å². The van der Waals surface area contributed by atoms with E-state index in [9.17, 15) is 8.42 Å². The minimum absolute atomic E-state index is 0.0351. The minimum atomic E-state index is -3.28. The van der Waals surface area contributed by atoms with Crippen LogP contribution in [0.5, 0.6) is 0 Å². The number of rotatable bonds is 5. The molecule has 0 saturated carbocycles. The molecule has 6 nitrogen and oxygen atoms in total. The van der Waals surface area contributed by atoms with Crippen LogP contribution >= 0.6 is 0 Å². The molecule has 1 fully saturated rings. The van der Waals surface area contributed by atoms with Crippen molar-refractivity contribution < 1.29 is 13.2 Å². The number of hydrogen-bond acceptors (Lipinski definition) is 4. The van der Waals surface area contributed by atoms with Crippen LogP contribution in [0, 0.1) is 19.8 Å². The molecule has 136 valence electrons. The van der Waals surface area contributed by atoms with Crippen molar-refractivity contribution in [3.8, 4) is 11.4 Å². The number of ether oxygens (including phenoxy) is 1. The van der Waals surface area contributed by atoms with E-state index in [1.807, 2.05) is 12.3 Å². The fourth-order valence-electron chi connectivity index (χ4n) is 3.26. The summed E-state index contributed by atoms with van der Waals surface area (Å²) in [5.74, 6) is 0.851. The molecular weight excluding hydrogens is 338 g/mol. The Labute approximate surface area is 149 Å². The minimum Gasteiger partial charge on any atom is -0.379 e. The highest BCUT2D eigenvalue weighted by Crippen LogP contribution is 2.33. The Morgan fingerprint density at radius 2 is 2.04 bits per heavy atom. The summed E-state index contributed by atoms with van der Waals surface area (Å²) in [6.07, 6.45) is 3.69. The van der Waals surface area contributed by atoms with Crippen molar-refractivity contribution in [2.24, 2.45) is 5.92 Å². The molecule has 1 aromatic carbocycles. The molecule has 1 aromatic heterocycles. The summed E-state index contributed by atoms with van der Waals surface area (Å²) in [7, 11) is -0.142.